The molecule has 0 radical (unpaired) electrons. The summed E-state index contributed by atoms with van der Waals surface area (Å²) in [5, 5.41) is 0. The van der Waals surface area contributed by atoms with Crippen LogP contribution in [0.3, 0.4) is 0 Å². The molecule has 0 bridgehead atoms. The Balaban J connectivity index is 2.22. The molecule has 0 saturated carbocycles. The molecule has 0 spiro atoms. The first-order valence-electron chi connectivity index (χ1n) is 5.72. The minimum absolute atomic E-state index is 0.145. The molecular weight excluding hydrogens is 303 g/mol. The van der Waals surface area contributed by atoms with Gasteiger partial charge in [-0.1, -0.05) is 15.9 Å². The predicted octanol–water partition coefficient (Wildman–Crippen LogP) is 4.17. The molecule has 94 valence electrons. The van der Waals surface area contributed by atoms with Gasteiger partial charge >= 0.3 is 0 Å². The van der Waals surface area contributed by atoms with E-state index in [0.29, 0.717) is 12.5 Å². The first-order chi connectivity index (χ1) is 8.02. The zero-order chi connectivity index (χ0) is 12.5. The molecule has 0 N–H and O–H groups in total. The zero-order valence-electron chi connectivity index (χ0n) is 10.1. The molecule has 2 nitrogen and oxygen atoms in total. The molecule has 1 heterocycles. The first kappa shape index (κ1) is 13.0. The van der Waals surface area contributed by atoms with Crippen molar-refractivity contribution in [3.05, 3.63) is 22.2 Å². The number of rotatable bonds is 4. The summed E-state index contributed by atoms with van der Waals surface area (Å²) in [4.78, 5) is 0. The average Bonchev–Trinajstić information content (AvgIpc) is 2.52. The van der Waals surface area contributed by atoms with Crippen LogP contribution in [0.1, 0.15) is 25.8 Å². The Morgan fingerprint density at radius 1 is 1.47 bits per heavy atom. The predicted molar refractivity (Wildman–Crippen MR) is 73.4 cm³/mol. The van der Waals surface area contributed by atoms with Crippen LogP contribution >= 0.6 is 27.5 Å². The second-order valence-corrected chi connectivity index (χ2v) is 6.12. The standard InChI is InChI=1S/C13H16BrClO2/c1-13(2)8-9-6-10(14)7-11(12(9)17-13)16-5-3-4-15/h6-7H,3-5,8H2,1-2H3. The van der Waals surface area contributed by atoms with Crippen LogP contribution in [-0.2, 0) is 6.42 Å². The number of benzene rings is 1. The van der Waals surface area contributed by atoms with E-state index in [-0.39, 0.29) is 5.60 Å². The van der Waals surface area contributed by atoms with Crippen LogP contribution in [-0.4, -0.2) is 18.1 Å². The van der Waals surface area contributed by atoms with E-state index in [1.165, 1.54) is 5.56 Å². The summed E-state index contributed by atoms with van der Waals surface area (Å²) in [6.07, 6.45) is 1.75. The van der Waals surface area contributed by atoms with E-state index < -0.39 is 0 Å². The molecule has 1 aliphatic rings. The van der Waals surface area contributed by atoms with Crippen molar-refractivity contribution < 1.29 is 9.47 Å². The Morgan fingerprint density at radius 3 is 2.94 bits per heavy atom. The summed E-state index contributed by atoms with van der Waals surface area (Å²) >= 11 is 9.14. The largest absolute Gasteiger partial charge is 0.490 e. The molecule has 0 unspecified atom stereocenters. The van der Waals surface area contributed by atoms with Crippen LogP contribution in [0, 0.1) is 0 Å². The molecule has 0 aliphatic carbocycles. The summed E-state index contributed by atoms with van der Waals surface area (Å²) < 4.78 is 12.7. The van der Waals surface area contributed by atoms with Gasteiger partial charge in [-0.05, 0) is 32.4 Å². The molecule has 1 aliphatic heterocycles. The summed E-state index contributed by atoms with van der Waals surface area (Å²) in [7, 11) is 0. The third-order valence-corrected chi connectivity index (χ3v) is 3.35. The third kappa shape index (κ3) is 3.08. The Bertz CT molecular complexity index is 418. The van der Waals surface area contributed by atoms with Gasteiger partial charge in [-0.25, -0.2) is 0 Å². The molecule has 17 heavy (non-hydrogen) atoms. The number of hydrogen-bond acceptors (Lipinski definition) is 2. The van der Waals surface area contributed by atoms with Crippen molar-refractivity contribution in [3.8, 4) is 11.5 Å². The second-order valence-electron chi connectivity index (χ2n) is 4.82. The average molecular weight is 320 g/mol. The molecule has 2 rings (SSSR count). The van der Waals surface area contributed by atoms with Crippen LogP contribution in [0.5, 0.6) is 11.5 Å². The molecule has 0 fully saturated rings. The Morgan fingerprint density at radius 2 is 2.24 bits per heavy atom. The van der Waals surface area contributed by atoms with E-state index in [2.05, 4.69) is 35.8 Å². The summed E-state index contributed by atoms with van der Waals surface area (Å²) in [6.45, 7) is 4.79. The van der Waals surface area contributed by atoms with Gasteiger partial charge in [-0.2, -0.15) is 0 Å². The topological polar surface area (TPSA) is 18.5 Å². The SMILES string of the molecule is CC1(C)Cc2cc(Br)cc(OCCCCl)c2O1. The fraction of sp³-hybridized carbons (Fsp3) is 0.538. The maximum absolute atomic E-state index is 5.93. The summed E-state index contributed by atoms with van der Waals surface area (Å²) in [5.41, 5.74) is 1.05. The highest BCUT2D eigenvalue weighted by Crippen LogP contribution is 2.43. The second kappa shape index (κ2) is 5.07. The molecule has 4 heteroatoms. The van der Waals surface area contributed by atoms with Crippen molar-refractivity contribution in [1.29, 1.82) is 0 Å². The van der Waals surface area contributed by atoms with Crippen molar-refractivity contribution in [2.24, 2.45) is 0 Å². The van der Waals surface area contributed by atoms with E-state index in [0.717, 1.165) is 28.8 Å². The van der Waals surface area contributed by atoms with Gasteiger partial charge in [0.15, 0.2) is 11.5 Å². The number of fused-ring (bicyclic) bond motifs is 1. The van der Waals surface area contributed by atoms with E-state index >= 15 is 0 Å². The van der Waals surface area contributed by atoms with E-state index in [1.807, 2.05) is 6.07 Å². The lowest BCUT2D eigenvalue weighted by Gasteiger charge is -2.18. The van der Waals surface area contributed by atoms with Crippen molar-refractivity contribution in [2.75, 3.05) is 12.5 Å². The highest BCUT2D eigenvalue weighted by Gasteiger charge is 2.32. The van der Waals surface area contributed by atoms with Crippen LogP contribution < -0.4 is 9.47 Å². The number of ether oxygens (including phenoxy) is 2. The normalized spacial score (nSPS) is 16.5. The molecule has 0 aromatic heterocycles. The van der Waals surface area contributed by atoms with Crippen molar-refractivity contribution in [3.63, 3.8) is 0 Å². The molecular formula is C13H16BrClO2. The molecule has 1 aromatic rings. The van der Waals surface area contributed by atoms with Gasteiger partial charge in [0.2, 0.25) is 0 Å². The Labute approximate surface area is 115 Å². The Hall–Kier alpha value is -0.410. The van der Waals surface area contributed by atoms with Crippen molar-refractivity contribution in [1.82, 2.24) is 0 Å². The van der Waals surface area contributed by atoms with Gasteiger partial charge in [0, 0.05) is 22.3 Å². The molecule has 0 saturated heterocycles. The minimum atomic E-state index is -0.145. The van der Waals surface area contributed by atoms with Crippen molar-refractivity contribution in [2.45, 2.75) is 32.3 Å². The van der Waals surface area contributed by atoms with E-state index in [4.69, 9.17) is 21.1 Å². The van der Waals surface area contributed by atoms with Crippen LogP contribution in [0.25, 0.3) is 0 Å². The van der Waals surface area contributed by atoms with Crippen LogP contribution in [0.15, 0.2) is 16.6 Å². The maximum Gasteiger partial charge on any atom is 0.165 e. The molecule has 0 amide bonds. The minimum Gasteiger partial charge on any atom is -0.490 e. The number of halogens is 2. The van der Waals surface area contributed by atoms with Gasteiger partial charge < -0.3 is 9.47 Å². The van der Waals surface area contributed by atoms with Gasteiger partial charge in [0.1, 0.15) is 5.60 Å². The molecule has 1 aromatic carbocycles. The monoisotopic (exact) mass is 318 g/mol. The van der Waals surface area contributed by atoms with E-state index in [9.17, 15) is 0 Å². The quantitative estimate of drug-likeness (QED) is 0.612. The molecule has 0 atom stereocenters. The van der Waals surface area contributed by atoms with Gasteiger partial charge in [0.05, 0.1) is 6.61 Å². The van der Waals surface area contributed by atoms with Gasteiger partial charge in [-0.3, -0.25) is 0 Å². The lowest BCUT2D eigenvalue weighted by atomic mass is 10.0. The highest BCUT2D eigenvalue weighted by atomic mass is 79.9. The van der Waals surface area contributed by atoms with Gasteiger partial charge in [0.25, 0.3) is 0 Å². The zero-order valence-corrected chi connectivity index (χ0v) is 12.4. The lowest BCUT2D eigenvalue weighted by Crippen LogP contribution is -2.24. The van der Waals surface area contributed by atoms with Crippen LogP contribution in [0.2, 0.25) is 0 Å². The van der Waals surface area contributed by atoms with Gasteiger partial charge in [-0.15, -0.1) is 11.6 Å². The van der Waals surface area contributed by atoms with Crippen LogP contribution in [0.4, 0.5) is 0 Å². The smallest absolute Gasteiger partial charge is 0.165 e. The van der Waals surface area contributed by atoms with E-state index in [1.54, 1.807) is 0 Å². The first-order valence-corrected chi connectivity index (χ1v) is 7.05. The van der Waals surface area contributed by atoms with Crippen molar-refractivity contribution >= 4 is 27.5 Å². The Kier molecular flexibility index (Phi) is 3.88. The maximum atomic E-state index is 5.93. The number of hydrogen-bond donors (Lipinski definition) is 0. The number of alkyl halides is 1. The fourth-order valence-electron chi connectivity index (χ4n) is 1.98. The third-order valence-electron chi connectivity index (χ3n) is 2.63. The fourth-order valence-corrected chi connectivity index (χ4v) is 2.58. The highest BCUT2D eigenvalue weighted by molar-refractivity contribution is 9.10. The lowest BCUT2D eigenvalue weighted by molar-refractivity contribution is 0.132. The summed E-state index contributed by atoms with van der Waals surface area (Å²) in [6, 6.07) is 4.05. The summed E-state index contributed by atoms with van der Waals surface area (Å²) in [5.74, 6) is 2.31.